The highest BCUT2D eigenvalue weighted by atomic mass is 16.5. The number of carbonyl (C=O) groups is 3. The highest BCUT2D eigenvalue weighted by molar-refractivity contribution is 6.39. The number of rotatable bonds is 7. The third-order valence-corrected chi connectivity index (χ3v) is 4.47. The first-order chi connectivity index (χ1) is 16.0. The molecule has 33 heavy (non-hydrogen) atoms. The van der Waals surface area contributed by atoms with Gasteiger partial charge in [-0.25, -0.2) is 10.2 Å². The van der Waals surface area contributed by atoms with E-state index in [1.165, 1.54) is 6.21 Å². The fourth-order valence-corrected chi connectivity index (χ4v) is 2.75. The van der Waals surface area contributed by atoms with Crippen molar-refractivity contribution in [1.29, 1.82) is 0 Å². The van der Waals surface area contributed by atoms with Gasteiger partial charge in [0.1, 0.15) is 11.5 Å². The lowest BCUT2D eigenvalue weighted by Crippen LogP contribution is -2.32. The Morgan fingerprint density at radius 1 is 0.879 bits per heavy atom. The predicted molar refractivity (Wildman–Crippen MR) is 125 cm³/mol. The first-order valence-corrected chi connectivity index (χ1v) is 10.2. The third-order valence-electron chi connectivity index (χ3n) is 4.47. The molecule has 0 aliphatic heterocycles. The predicted octanol–water partition coefficient (Wildman–Crippen LogP) is 3.70. The fourth-order valence-electron chi connectivity index (χ4n) is 2.75. The molecule has 0 radical (unpaired) electrons. The lowest BCUT2D eigenvalue weighted by atomic mass is 10.2. The molecule has 8 heteroatoms. The Morgan fingerprint density at radius 3 is 2.21 bits per heavy atom. The molecule has 0 spiro atoms. The molecule has 3 aromatic rings. The maximum absolute atomic E-state index is 12.3. The van der Waals surface area contributed by atoms with Gasteiger partial charge in [-0.3, -0.25) is 9.59 Å². The Bertz CT molecular complexity index is 1160. The van der Waals surface area contributed by atoms with Crippen LogP contribution in [-0.2, 0) is 9.59 Å². The summed E-state index contributed by atoms with van der Waals surface area (Å²) in [6.45, 7) is 4.25. The van der Waals surface area contributed by atoms with Crippen molar-refractivity contribution in [2.75, 3.05) is 11.9 Å². The Kier molecular flexibility index (Phi) is 7.91. The van der Waals surface area contributed by atoms with E-state index in [4.69, 9.17) is 9.47 Å². The Balaban J connectivity index is 1.50. The van der Waals surface area contributed by atoms with Crippen LogP contribution in [0.1, 0.15) is 28.4 Å². The molecular formula is C25H23N3O5. The molecule has 0 heterocycles. The zero-order valence-electron chi connectivity index (χ0n) is 18.2. The minimum atomic E-state index is -0.893. The van der Waals surface area contributed by atoms with Gasteiger partial charge in [0.05, 0.1) is 18.4 Å². The number of hydrogen-bond donors (Lipinski definition) is 2. The van der Waals surface area contributed by atoms with Crippen LogP contribution in [0.4, 0.5) is 5.69 Å². The normalized spacial score (nSPS) is 10.5. The van der Waals surface area contributed by atoms with E-state index >= 15 is 0 Å². The van der Waals surface area contributed by atoms with Crippen LogP contribution in [0.15, 0.2) is 77.9 Å². The van der Waals surface area contributed by atoms with Crippen LogP contribution in [0.2, 0.25) is 0 Å². The fraction of sp³-hybridized carbons (Fsp3) is 0.120. The van der Waals surface area contributed by atoms with E-state index < -0.39 is 17.8 Å². The van der Waals surface area contributed by atoms with Crippen molar-refractivity contribution in [3.05, 3.63) is 89.5 Å². The molecule has 0 unspecified atom stereocenters. The van der Waals surface area contributed by atoms with Gasteiger partial charge in [-0.05, 0) is 79.6 Å². The number of nitrogens with zero attached hydrogens (tertiary/aromatic N) is 1. The summed E-state index contributed by atoms with van der Waals surface area (Å²) >= 11 is 0. The Hall–Kier alpha value is -4.46. The standard InChI is InChI=1S/C25H23N3O5/c1-3-32-20-14-10-19(11-15-20)25(31)33-21-12-8-18(9-13-21)16-26-28-24(30)23(29)27-22-7-5-4-6-17(22)2/h4-16H,3H2,1-2H3,(H,27,29)(H,28,30)/b26-16+. The SMILES string of the molecule is CCOc1ccc(C(=O)Oc2ccc(/C=N/NC(=O)C(=O)Nc3ccccc3C)cc2)cc1. The van der Waals surface area contributed by atoms with E-state index in [-0.39, 0.29) is 0 Å². The molecule has 2 amide bonds. The minimum absolute atomic E-state index is 0.354. The van der Waals surface area contributed by atoms with Crippen LogP contribution in [-0.4, -0.2) is 30.6 Å². The molecule has 3 rings (SSSR count). The van der Waals surface area contributed by atoms with E-state index in [2.05, 4.69) is 15.8 Å². The quantitative estimate of drug-likeness (QED) is 0.190. The number of benzene rings is 3. The molecule has 3 aromatic carbocycles. The second-order valence-electron chi connectivity index (χ2n) is 6.88. The number of para-hydroxylation sites is 1. The number of amides is 2. The average Bonchev–Trinajstić information content (AvgIpc) is 2.82. The van der Waals surface area contributed by atoms with Crippen molar-refractivity contribution in [3.8, 4) is 11.5 Å². The number of esters is 1. The highest BCUT2D eigenvalue weighted by Gasteiger charge is 2.13. The number of anilines is 1. The number of nitrogens with one attached hydrogen (secondary N) is 2. The van der Waals surface area contributed by atoms with Crippen molar-refractivity contribution < 1.29 is 23.9 Å². The zero-order chi connectivity index (χ0) is 23.6. The van der Waals surface area contributed by atoms with Crippen molar-refractivity contribution >= 4 is 29.7 Å². The molecule has 0 aliphatic carbocycles. The number of ether oxygens (including phenoxy) is 2. The van der Waals surface area contributed by atoms with Gasteiger partial charge in [-0.2, -0.15) is 5.10 Å². The summed E-state index contributed by atoms with van der Waals surface area (Å²) in [6, 6.07) is 20.3. The van der Waals surface area contributed by atoms with Gasteiger partial charge in [-0.1, -0.05) is 18.2 Å². The van der Waals surface area contributed by atoms with E-state index in [0.717, 1.165) is 5.56 Å². The van der Waals surface area contributed by atoms with Crippen LogP contribution in [0.5, 0.6) is 11.5 Å². The molecule has 8 nitrogen and oxygen atoms in total. The topological polar surface area (TPSA) is 106 Å². The first-order valence-electron chi connectivity index (χ1n) is 10.2. The molecule has 2 N–H and O–H groups in total. The van der Waals surface area contributed by atoms with E-state index in [1.54, 1.807) is 60.7 Å². The molecule has 0 aliphatic rings. The summed E-state index contributed by atoms with van der Waals surface area (Å²) in [5.74, 6) is -1.18. The van der Waals surface area contributed by atoms with Crippen molar-refractivity contribution in [1.82, 2.24) is 5.43 Å². The number of carbonyl (C=O) groups excluding carboxylic acids is 3. The second kappa shape index (κ2) is 11.2. The third kappa shape index (κ3) is 6.76. The first kappa shape index (κ1) is 23.2. The molecular weight excluding hydrogens is 422 g/mol. The molecule has 168 valence electrons. The summed E-state index contributed by atoms with van der Waals surface area (Å²) in [4.78, 5) is 36.1. The van der Waals surface area contributed by atoms with Crippen molar-refractivity contribution in [2.45, 2.75) is 13.8 Å². The Labute approximate surface area is 191 Å². The summed E-state index contributed by atoms with van der Waals surface area (Å²) in [7, 11) is 0. The largest absolute Gasteiger partial charge is 0.494 e. The second-order valence-corrected chi connectivity index (χ2v) is 6.88. The van der Waals surface area contributed by atoms with E-state index in [9.17, 15) is 14.4 Å². The van der Waals surface area contributed by atoms with Gasteiger partial charge in [-0.15, -0.1) is 0 Å². The van der Waals surface area contributed by atoms with Gasteiger partial charge < -0.3 is 14.8 Å². The summed E-state index contributed by atoms with van der Waals surface area (Å²) in [6.07, 6.45) is 1.37. The van der Waals surface area contributed by atoms with Gasteiger partial charge in [0.25, 0.3) is 0 Å². The zero-order valence-corrected chi connectivity index (χ0v) is 18.2. The van der Waals surface area contributed by atoms with Crippen LogP contribution < -0.4 is 20.2 Å². The van der Waals surface area contributed by atoms with Gasteiger partial charge >= 0.3 is 17.8 Å². The summed E-state index contributed by atoms with van der Waals surface area (Å²) < 4.78 is 10.7. The van der Waals surface area contributed by atoms with Gasteiger partial charge in [0.2, 0.25) is 0 Å². The van der Waals surface area contributed by atoms with E-state index in [0.29, 0.717) is 34.9 Å². The van der Waals surface area contributed by atoms with E-state index in [1.807, 2.05) is 26.0 Å². The average molecular weight is 445 g/mol. The molecule has 0 aromatic heterocycles. The summed E-state index contributed by atoms with van der Waals surface area (Å²) in [5, 5.41) is 6.31. The lowest BCUT2D eigenvalue weighted by molar-refractivity contribution is -0.136. The number of aryl methyl sites for hydroxylation is 1. The Morgan fingerprint density at radius 2 is 1.55 bits per heavy atom. The van der Waals surface area contributed by atoms with Crippen LogP contribution in [0, 0.1) is 6.92 Å². The highest BCUT2D eigenvalue weighted by Crippen LogP contribution is 2.16. The molecule has 0 fully saturated rings. The van der Waals surface area contributed by atoms with Gasteiger partial charge in [0, 0.05) is 5.69 Å². The monoisotopic (exact) mass is 445 g/mol. The summed E-state index contributed by atoms with van der Waals surface area (Å²) in [5.41, 5.74) is 4.60. The van der Waals surface area contributed by atoms with Crippen molar-refractivity contribution in [3.63, 3.8) is 0 Å². The molecule has 0 bridgehead atoms. The molecule has 0 saturated carbocycles. The smallest absolute Gasteiger partial charge is 0.343 e. The maximum Gasteiger partial charge on any atom is 0.343 e. The van der Waals surface area contributed by atoms with Crippen molar-refractivity contribution in [2.24, 2.45) is 5.10 Å². The lowest BCUT2D eigenvalue weighted by Gasteiger charge is -2.07. The van der Waals surface area contributed by atoms with Gasteiger partial charge in [0.15, 0.2) is 0 Å². The minimum Gasteiger partial charge on any atom is -0.494 e. The number of hydrazone groups is 1. The molecule has 0 saturated heterocycles. The number of hydrogen-bond acceptors (Lipinski definition) is 6. The van der Waals surface area contributed by atoms with Crippen LogP contribution >= 0.6 is 0 Å². The van der Waals surface area contributed by atoms with Crippen LogP contribution in [0.25, 0.3) is 0 Å². The maximum atomic E-state index is 12.3. The molecule has 0 atom stereocenters. The van der Waals surface area contributed by atoms with Crippen LogP contribution in [0.3, 0.4) is 0 Å².